The van der Waals surface area contributed by atoms with Crippen molar-refractivity contribution in [2.75, 3.05) is 18.5 Å². The first-order valence-electron chi connectivity index (χ1n) is 8.18. The molecule has 0 aliphatic rings. The highest BCUT2D eigenvalue weighted by Gasteiger charge is 2.18. The molecule has 0 aromatic heterocycles. The van der Waals surface area contributed by atoms with Gasteiger partial charge in [0.25, 0.3) is 5.91 Å². The lowest BCUT2D eigenvalue weighted by molar-refractivity contribution is -0.126. The third-order valence-electron chi connectivity index (χ3n) is 3.62. The number of carbonyl (C=O) groups is 3. The molecule has 6 nitrogen and oxygen atoms in total. The highest BCUT2D eigenvalue weighted by molar-refractivity contribution is 6.33. The van der Waals surface area contributed by atoms with Crippen molar-refractivity contribution in [1.82, 2.24) is 5.32 Å². The van der Waals surface area contributed by atoms with Crippen LogP contribution in [-0.2, 0) is 20.7 Å². The highest BCUT2D eigenvalue weighted by Crippen LogP contribution is 2.19. The van der Waals surface area contributed by atoms with Gasteiger partial charge in [0, 0.05) is 5.69 Å². The summed E-state index contributed by atoms with van der Waals surface area (Å²) in [5, 5.41) is 4.90. The van der Waals surface area contributed by atoms with Crippen molar-refractivity contribution in [3.63, 3.8) is 0 Å². The Morgan fingerprint density at radius 1 is 1.07 bits per heavy atom. The molecule has 0 bridgehead atoms. The van der Waals surface area contributed by atoms with Gasteiger partial charge in [0.1, 0.15) is 11.4 Å². The van der Waals surface area contributed by atoms with Crippen molar-refractivity contribution in [2.24, 2.45) is 0 Å². The topological polar surface area (TPSA) is 84.5 Å². The molecule has 0 atom stereocenters. The molecule has 0 radical (unpaired) electrons. The minimum atomic E-state index is -1.06. The SMILES string of the molecule is CCc1ccccc1NC(=O)CNC(=O)COC(=O)c1c(F)cccc1Cl. The van der Waals surface area contributed by atoms with Crippen LogP contribution in [0, 0.1) is 5.82 Å². The van der Waals surface area contributed by atoms with Crippen molar-refractivity contribution in [1.29, 1.82) is 0 Å². The molecule has 27 heavy (non-hydrogen) atoms. The predicted octanol–water partition coefficient (Wildman–Crippen LogP) is 2.95. The zero-order valence-electron chi connectivity index (χ0n) is 14.6. The number of amides is 2. The van der Waals surface area contributed by atoms with Crippen LogP contribution in [0.25, 0.3) is 0 Å². The van der Waals surface area contributed by atoms with E-state index in [-0.39, 0.29) is 11.6 Å². The van der Waals surface area contributed by atoms with E-state index in [1.807, 2.05) is 19.1 Å². The summed E-state index contributed by atoms with van der Waals surface area (Å²) in [5.41, 5.74) is 1.19. The number of nitrogens with one attached hydrogen (secondary N) is 2. The van der Waals surface area contributed by atoms with E-state index in [4.69, 9.17) is 16.3 Å². The van der Waals surface area contributed by atoms with E-state index in [0.29, 0.717) is 5.69 Å². The van der Waals surface area contributed by atoms with Crippen molar-refractivity contribution in [3.05, 3.63) is 64.4 Å². The largest absolute Gasteiger partial charge is 0.452 e. The lowest BCUT2D eigenvalue weighted by Gasteiger charge is -2.10. The molecule has 2 aromatic rings. The Hall–Kier alpha value is -2.93. The van der Waals surface area contributed by atoms with E-state index in [0.717, 1.165) is 18.1 Å². The van der Waals surface area contributed by atoms with Gasteiger partial charge in [0.05, 0.1) is 11.6 Å². The lowest BCUT2D eigenvalue weighted by atomic mass is 10.1. The molecule has 0 unspecified atom stereocenters. The second-order valence-electron chi connectivity index (χ2n) is 5.51. The average Bonchev–Trinajstić information content (AvgIpc) is 2.65. The number of rotatable bonds is 7. The van der Waals surface area contributed by atoms with Crippen LogP contribution >= 0.6 is 11.6 Å². The summed E-state index contributed by atoms with van der Waals surface area (Å²) in [7, 11) is 0. The number of hydrogen-bond acceptors (Lipinski definition) is 4. The minimum Gasteiger partial charge on any atom is -0.452 e. The summed E-state index contributed by atoms with van der Waals surface area (Å²) in [6, 6.07) is 11.0. The maximum absolute atomic E-state index is 13.6. The fourth-order valence-corrected chi connectivity index (χ4v) is 2.51. The number of ether oxygens (including phenoxy) is 1. The van der Waals surface area contributed by atoms with Gasteiger partial charge in [-0.25, -0.2) is 9.18 Å². The molecule has 0 saturated carbocycles. The summed E-state index contributed by atoms with van der Waals surface area (Å²) >= 11 is 5.75. The lowest BCUT2D eigenvalue weighted by Crippen LogP contribution is -2.35. The third-order valence-corrected chi connectivity index (χ3v) is 3.93. The zero-order valence-corrected chi connectivity index (χ0v) is 15.3. The molecule has 2 amide bonds. The Labute approximate surface area is 160 Å². The Morgan fingerprint density at radius 2 is 1.81 bits per heavy atom. The number of para-hydroxylation sites is 1. The number of hydrogen-bond donors (Lipinski definition) is 2. The van der Waals surface area contributed by atoms with Gasteiger partial charge < -0.3 is 15.4 Å². The number of carbonyl (C=O) groups excluding carboxylic acids is 3. The fraction of sp³-hybridized carbons (Fsp3) is 0.211. The first-order valence-corrected chi connectivity index (χ1v) is 8.55. The molecule has 2 N–H and O–H groups in total. The third kappa shape index (κ3) is 5.79. The Bertz CT molecular complexity index is 837. The van der Waals surface area contributed by atoms with Crippen LogP contribution in [0.3, 0.4) is 0 Å². The van der Waals surface area contributed by atoms with Crippen molar-refractivity contribution in [2.45, 2.75) is 13.3 Å². The van der Waals surface area contributed by atoms with E-state index in [9.17, 15) is 18.8 Å². The van der Waals surface area contributed by atoms with Gasteiger partial charge in [-0.2, -0.15) is 0 Å². The normalized spacial score (nSPS) is 10.2. The summed E-state index contributed by atoms with van der Waals surface area (Å²) < 4.78 is 18.3. The van der Waals surface area contributed by atoms with Crippen LogP contribution in [0.1, 0.15) is 22.8 Å². The molecule has 0 fully saturated rings. The Morgan fingerprint density at radius 3 is 2.52 bits per heavy atom. The molecule has 0 heterocycles. The standard InChI is InChI=1S/C19H18ClFN2O4/c1-2-12-6-3-4-9-15(12)23-16(24)10-22-17(25)11-27-19(26)18-13(20)7-5-8-14(18)21/h3-9H,2,10-11H2,1H3,(H,22,25)(H,23,24). The van der Waals surface area contributed by atoms with Gasteiger partial charge in [-0.1, -0.05) is 42.8 Å². The molecule has 0 spiro atoms. The number of halogens is 2. The smallest absolute Gasteiger partial charge is 0.343 e. The van der Waals surface area contributed by atoms with Crippen LogP contribution < -0.4 is 10.6 Å². The molecule has 0 aliphatic heterocycles. The summed E-state index contributed by atoms with van der Waals surface area (Å²) in [6.07, 6.45) is 0.747. The molecule has 2 rings (SSSR count). The van der Waals surface area contributed by atoms with Crippen molar-refractivity contribution >= 4 is 35.1 Å². The van der Waals surface area contributed by atoms with Gasteiger partial charge in [-0.15, -0.1) is 0 Å². The van der Waals surface area contributed by atoms with Crippen LogP contribution in [0.5, 0.6) is 0 Å². The minimum absolute atomic E-state index is 0.116. The van der Waals surface area contributed by atoms with E-state index >= 15 is 0 Å². The maximum Gasteiger partial charge on any atom is 0.343 e. The molecular formula is C19H18ClFN2O4. The summed E-state index contributed by atoms with van der Waals surface area (Å²) in [4.78, 5) is 35.5. The maximum atomic E-state index is 13.6. The van der Waals surface area contributed by atoms with E-state index in [1.54, 1.807) is 12.1 Å². The van der Waals surface area contributed by atoms with E-state index in [1.165, 1.54) is 12.1 Å². The number of aryl methyl sites for hydroxylation is 1. The second kappa shape index (κ2) is 9.68. The van der Waals surface area contributed by atoms with Gasteiger partial charge in [-0.3, -0.25) is 9.59 Å². The molecule has 8 heteroatoms. The van der Waals surface area contributed by atoms with Crippen LogP contribution in [0.4, 0.5) is 10.1 Å². The molecule has 2 aromatic carbocycles. The molecule has 0 saturated heterocycles. The highest BCUT2D eigenvalue weighted by atomic mass is 35.5. The zero-order chi connectivity index (χ0) is 19.8. The fourth-order valence-electron chi connectivity index (χ4n) is 2.27. The van der Waals surface area contributed by atoms with Crippen molar-refractivity contribution < 1.29 is 23.5 Å². The number of benzene rings is 2. The first kappa shape index (κ1) is 20.4. The quantitative estimate of drug-likeness (QED) is 0.709. The Kier molecular flexibility index (Phi) is 7.31. The summed E-state index contributed by atoms with van der Waals surface area (Å²) in [5.74, 6) is -3.03. The summed E-state index contributed by atoms with van der Waals surface area (Å²) in [6.45, 7) is 1.00. The van der Waals surface area contributed by atoms with E-state index in [2.05, 4.69) is 10.6 Å². The van der Waals surface area contributed by atoms with Crippen LogP contribution in [0.2, 0.25) is 5.02 Å². The van der Waals surface area contributed by atoms with Crippen molar-refractivity contribution in [3.8, 4) is 0 Å². The van der Waals surface area contributed by atoms with Crippen LogP contribution in [-0.4, -0.2) is 30.9 Å². The van der Waals surface area contributed by atoms with Gasteiger partial charge in [0.2, 0.25) is 5.91 Å². The van der Waals surface area contributed by atoms with Gasteiger partial charge >= 0.3 is 5.97 Å². The van der Waals surface area contributed by atoms with E-state index < -0.39 is 35.8 Å². The monoisotopic (exact) mass is 392 g/mol. The Balaban J connectivity index is 1.80. The molecular weight excluding hydrogens is 375 g/mol. The van der Waals surface area contributed by atoms with Gasteiger partial charge in [0.15, 0.2) is 6.61 Å². The van der Waals surface area contributed by atoms with Gasteiger partial charge in [-0.05, 0) is 30.2 Å². The average molecular weight is 393 g/mol. The molecule has 0 aliphatic carbocycles. The number of anilines is 1. The second-order valence-corrected chi connectivity index (χ2v) is 5.92. The first-order chi connectivity index (χ1) is 12.9. The van der Waals surface area contributed by atoms with Crippen LogP contribution in [0.15, 0.2) is 42.5 Å². The number of esters is 1. The predicted molar refractivity (Wildman–Crippen MR) is 99.2 cm³/mol. The molecule has 142 valence electrons.